The monoisotopic (exact) mass is 371 g/mol. The summed E-state index contributed by atoms with van der Waals surface area (Å²) < 4.78 is 39.1. The molecule has 0 aromatic heterocycles. The molecule has 0 saturated heterocycles. The minimum absolute atomic E-state index is 0.000678. The normalized spacial score (nSPS) is 16.2. The van der Waals surface area contributed by atoms with Gasteiger partial charge in [0.15, 0.2) is 0 Å². The largest absolute Gasteiger partial charge is 0.418 e. The van der Waals surface area contributed by atoms with Crippen molar-refractivity contribution in [3.63, 3.8) is 0 Å². The van der Waals surface area contributed by atoms with Crippen LogP contribution in [0.2, 0.25) is 5.02 Å². The van der Waals surface area contributed by atoms with Crippen molar-refractivity contribution in [3.8, 4) is 6.07 Å². The molecule has 8 heteroatoms. The molecule has 0 aliphatic heterocycles. The molecule has 0 unspecified atom stereocenters. The molecule has 1 saturated carbocycles. The lowest BCUT2D eigenvalue weighted by atomic mass is 9.95. The number of nitriles is 1. The zero-order valence-electron chi connectivity index (χ0n) is 13.3. The van der Waals surface area contributed by atoms with Gasteiger partial charge in [0.05, 0.1) is 11.3 Å². The molecular formula is C17H17ClF3N3O. The van der Waals surface area contributed by atoms with Crippen LogP contribution >= 0.6 is 11.6 Å². The van der Waals surface area contributed by atoms with E-state index in [-0.39, 0.29) is 22.3 Å². The maximum atomic E-state index is 13.0. The number of hydrogen-bond acceptors (Lipinski definition) is 3. The predicted octanol–water partition coefficient (Wildman–Crippen LogP) is 4.63. The van der Waals surface area contributed by atoms with E-state index in [0.717, 1.165) is 50.4 Å². The number of nitrogens with one attached hydrogen (secondary N) is 2. The average Bonchev–Trinajstić information content (AvgIpc) is 2.56. The second kappa shape index (κ2) is 8.26. The Bertz CT molecular complexity index is 704. The first kappa shape index (κ1) is 19.1. The molecule has 1 aromatic carbocycles. The molecule has 1 aliphatic carbocycles. The fourth-order valence-electron chi connectivity index (χ4n) is 2.69. The van der Waals surface area contributed by atoms with E-state index in [0.29, 0.717) is 0 Å². The van der Waals surface area contributed by atoms with Gasteiger partial charge in [-0.1, -0.05) is 30.9 Å². The van der Waals surface area contributed by atoms with Crippen molar-refractivity contribution in [2.75, 3.05) is 5.32 Å². The first-order valence-corrected chi connectivity index (χ1v) is 8.23. The van der Waals surface area contributed by atoms with E-state index >= 15 is 0 Å². The molecule has 0 radical (unpaired) electrons. The fraction of sp³-hybridized carbons (Fsp3) is 0.412. The van der Waals surface area contributed by atoms with Crippen molar-refractivity contribution >= 4 is 23.2 Å². The molecule has 25 heavy (non-hydrogen) atoms. The minimum atomic E-state index is -4.61. The zero-order valence-corrected chi connectivity index (χ0v) is 14.0. The summed E-state index contributed by atoms with van der Waals surface area (Å²) in [7, 11) is 0. The molecule has 1 aliphatic rings. The van der Waals surface area contributed by atoms with E-state index in [1.807, 2.05) is 0 Å². The number of halogens is 4. The molecule has 1 fully saturated rings. The Kier molecular flexibility index (Phi) is 6.32. The van der Waals surface area contributed by atoms with E-state index in [2.05, 4.69) is 10.6 Å². The highest BCUT2D eigenvalue weighted by Crippen LogP contribution is 2.36. The molecule has 1 amide bonds. The molecule has 2 rings (SSSR count). The van der Waals surface area contributed by atoms with Crippen LogP contribution in [0.3, 0.4) is 0 Å². The zero-order chi connectivity index (χ0) is 18.4. The van der Waals surface area contributed by atoms with Crippen molar-refractivity contribution in [2.24, 2.45) is 0 Å². The third-order valence-electron chi connectivity index (χ3n) is 3.96. The Morgan fingerprint density at radius 1 is 1.28 bits per heavy atom. The standard InChI is InChI=1S/C17H17ClF3N3O/c18-12-6-7-15(14(8-12)17(19,20)21)23-10-11(9-22)16(25)24-13-4-2-1-3-5-13/h6-8,10,13,23H,1-5H2,(H,24,25)/b11-10-. The average molecular weight is 372 g/mol. The summed E-state index contributed by atoms with van der Waals surface area (Å²) in [6, 6.07) is 4.93. The molecule has 0 heterocycles. The summed E-state index contributed by atoms with van der Waals surface area (Å²) >= 11 is 5.61. The van der Waals surface area contributed by atoms with Gasteiger partial charge in [0, 0.05) is 17.3 Å². The number of hydrogen-bond donors (Lipinski definition) is 2. The fourth-order valence-corrected chi connectivity index (χ4v) is 2.86. The second-order valence-corrected chi connectivity index (χ2v) is 6.25. The van der Waals surface area contributed by atoms with Gasteiger partial charge < -0.3 is 10.6 Å². The van der Waals surface area contributed by atoms with E-state index in [1.54, 1.807) is 6.07 Å². The summed E-state index contributed by atoms with van der Waals surface area (Å²) in [5.41, 5.74) is -1.54. The third-order valence-corrected chi connectivity index (χ3v) is 4.20. The first-order valence-electron chi connectivity index (χ1n) is 7.85. The van der Waals surface area contributed by atoms with Crippen molar-refractivity contribution < 1.29 is 18.0 Å². The van der Waals surface area contributed by atoms with E-state index in [1.165, 1.54) is 6.07 Å². The molecule has 0 atom stereocenters. The number of benzene rings is 1. The van der Waals surface area contributed by atoms with Gasteiger partial charge in [0.2, 0.25) is 0 Å². The number of alkyl halides is 3. The van der Waals surface area contributed by atoms with Crippen LogP contribution in [0.15, 0.2) is 30.0 Å². The van der Waals surface area contributed by atoms with Gasteiger partial charge in [-0.15, -0.1) is 0 Å². The highest BCUT2D eigenvalue weighted by Gasteiger charge is 2.33. The molecule has 134 valence electrons. The second-order valence-electron chi connectivity index (χ2n) is 5.81. The molecule has 0 bridgehead atoms. The van der Waals surface area contributed by atoms with Crippen LogP contribution in [0, 0.1) is 11.3 Å². The van der Waals surface area contributed by atoms with Crippen molar-refractivity contribution in [3.05, 3.63) is 40.6 Å². The Labute approximate surface area is 148 Å². The number of anilines is 1. The number of carbonyl (C=O) groups excluding carboxylic acids is 1. The summed E-state index contributed by atoms with van der Waals surface area (Å²) in [5, 5.41) is 14.2. The van der Waals surface area contributed by atoms with Crippen molar-refractivity contribution in [1.29, 1.82) is 5.26 Å². The highest BCUT2D eigenvalue weighted by molar-refractivity contribution is 6.30. The quantitative estimate of drug-likeness (QED) is 0.599. The maximum Gasteiger partial charge on any atom is 0.418 e. The van der Waals surface area contributed by atoms with Crippen LogP contribution in [0.25, 0.3) is 0 Å². The smallest absolute Gasteiger partial charge is 0.360 e. The molecule has 1 aromatic rings. The lowest BCUT2D eigenvalue weighted by Gasteiger charge is -2.22. The topological polar surface area (TPSA) is 64.9 Å². The van der Waals surface area contributed by atoms with E-state index in [9.17, 15) is 18.0 Å². The van der Waals surface area contributed by atoms with E-state index < -0.39 is 17.6 Å². The summed E-state index contributed by atoms with van der Waals surface area (Å²) in [5.74, 6) is -0.593. The highest BCUT2D eigenvalue weighted by atomic mass is 35.5. The van der Waals surface area contributed by atoms with Gasteiger partial charge in [-0.05, 0) is 31.0 Å². The van der Waals surface area contributed by atoms with Crippen LogP contribution < -0.4 is 10.6 Å². The minimum Gasteiger partial charge on any atom is -0.360 e. The molecule has 4 nitrogen and oxygen atoms in total. The van der Waals surface area contributed by atoms with Gasteiger partial charge in [0.1, 0.15) is 11.6 Å². The Morgan fingerprint density at radius 3 is 2.56 bits per heavy atom. The van der Waals surface area contributed by atoms with Crippen LogP contribution in [-0.2, 0) is 11.0 Å². The van der Waals surface area contributed by atoms with Gasteiger partial charge in [-0.2, -0.15) is 18.4 Å². The lowest BCUT2D eigenvalue weighted by Crippen LogP contribution is -2.37. The van der Waals surface area contributed by atoms with Crippen molar-refractivity contribution in [2.45, 2.75) is 44.3 Å². The third kappa shape index (κ3) is 5.40. The maximum absolute atomic E-state index is 13.0. The van der Waals surface area contributed by atoms with Crippen molar-refractivity contribution in [1.82, 2.24) is 5.32 Å². The number of rotatable bonds is 4. The summed E-state index contributed by atoms with van der Waals surface area (Å²) in [6.45, 7) is 0. The van der Waals surface area contributed by atoms with Crippen LogP contribution in [0.4, 0.5) is 18.9 Å². The van der Waals surface area contributed by atoms with Crippen LogP contribution in [-0.4, -0.2) is 11.9 Å². The number of carbonyl (C=O) groups is 1. The molecule has 0 spiro atoms. The number of nitrogens with zero attached hydrogens (tertiary/aromatic N) is 1. The molecular weight excluding hydrogens is 355 g/mol. The van der Waals surface area contributed by atoms with Crippen LogP contribution in [0.1, 0.15) is 37.7 Å². The summed E-state index contributed by atoms with van der Waals surface area (Å²) in [4.78, 5) is 12.1. The van der Waals surface area contributed by atoms with Gasteiger partial charge >= 0.3 is 6.18 Å². The first-order chi connectivity index (χ1) is 11.8. The Balaban J connectivity index is 2.13. The Morgan fingerprint density at radius 2 is 1.96 bits per heavy atom. The molecule has 2 N–H and O–H groups in total. The van der Waals surface area contributed by atoms with Gasteiger partial charge in [-0.3, -0.25) is 4.79 Å². The predicted molar refractivity (Wildman–Crippen MR) is 88.8 cm³/mol. The Hall–Kier alpha value is -2.20. The lowest BCUT2D eigenvalue weighted by molar-refractivity contribution is -0.136. The van der Waals surface area contributed by atoms with Gasteiger partial charge in [-0.25, -0.2) is 0 Å². The van der Waals surface area contributed by atoms with Crippen LogP contribution in [0.5, 0.6) is 0 Å². The summed E-state index contributed by atoms with van der Waals surface area (Å²) in [6.07, 6.45) is 1.18. The SMILES string of the molecule is N#C/C(=C/Nc1ccc(Cl)cc1C(F)(F)F)C(=O)NC1CCCCC1. The number of amides is 1. The van der Waals surface area contributed by atoms with E-state index in [4.69, 9.17) is 16.9 Å². The van der Waals surface area contributed by atoms with Gasteiger partial charge in [0.25, 0.3) is 5.91 Å².